The topological polar surface area (TPSA) is 12.0 Å². The van der Waals surface area contributed by atoms with Crippen molar-refractivity contribution in [3.8, 4) is 0 Å². The first kappa shape index (κ1) is 13.5. The number of rotatable bonds is 3. The lowest BCUT2D eigenvalue weighted by Gasteiger charge is -2.09. The molecule has 0 saturated carbocycles. The van der Waals surface area contributed by atoms with Crippen LogP contribution in [0.3, 0.4) is 0 Å². The predicted molar refractivity (Wildman–Crippen MR) is 75.2 cm³/mol. The van der Waals surface area contributed by atoms with Crippen LogP contribution in [-0.4, -0.2) is 0 Å². The van der Waals surface area contributed by atoms with E-state index in [9.17, 15) is 8.78 Å². The molecule has 18 heavy (non-hydrogen) atoms. The Morgan fingerprint density at radius 3 is 2.61 bits per heavy atom. The largest absolute Gasteiger partial charge is 0.375 e. The summed E-state index contributed by atoms with van der Waals surface area (Å²) in [5.74, 6) is -1.09. The SMILES string of the molecule is Cc1ccc(F)c(NCc2cc(Br)c(C)s2)c1F. The first-order chi connectivity index (χ1) is 8.49. The van der Waals surface area contributed by atoms with Gasteiger partial charge < -0.3 is 5.32 Å². The maximum Gasteiger partial charge on any atom is 0.152 e. The van der Waals surface area contributed by atoms with Crippen molar-refractivity contribution in [2.24, 2.45) is 0 Å². The average molecular weight is 332 g/mol. The molecule has 0 atom stereocenters. The predicted octanol–water partition coefficient (Wildman–Crippen LogP) is 5.02. The van der Waals surface area contributed by atoms with Gasteiger partial charge in [0.2, 0.25) is 0 Å². The van der Waals surface area contributed by atoms with Crippen LogP contribution < -0.4 is 5.32 Å². The van der Waals surface area contributed by atoms with Gasteiger partial charge in [0.25, 0.3) is 0 Å². The molecule has 1 N–H and O–H groups in total. The van der Waals surface area contributed by atoms with Gasteiger partial charge in [-0.15, -0.1) is 11.3 Å². The number of hydrogen-bond acceptors (Lipinski definition) is 2. The number of thiophene rings is 1. The van der Waals surface area contributed by atoms with Gasteiger partial charge in [0.1, 0.15) is 11.5 Å². The normalized spacial score (nSPS) is 10.7. The minimum Gasteiger partial charge on any atom is -0.375 e. The van der Waals surface area contributed by atoms with Crippen molar-refractivity contribution >= 4 is 33.0 Å². The first-order valence-corrected chi connectivity index (χ1v) is 7.03. The van der Waals surface area contributed by atoms with E-state index in [1.165, 1.54) is 12.1 Å². The second kappa shape index (κ2) is 5.36. The highest BCUT2D eigenvalue weighted by molar-refractivity contribution is 9.10. The number of benzene rings is 1. The van der Waals surface area contributed by atoms with Crippen LogP contribution in [0.25, 0.3) is 0 Å². The minimum absolute atomic E-state index is 0.0582. The number of hydrogen-bond donors (Lipinski definition) is 1. The second-order valence-corrected chi connectivity index (χ2v) is 6.22. The van der Waals surface area contributed by atoms with Gasteiger partial charge >= 0.3 is 0 Å². The Morgan fingerprint density at radius 2 is 2.00 bits per heavy atom. The molecule has 2 aromatic rings. The van der Waals surface area contributed by atoms with Crippen LogP contribution >= 0.6 is 27.3 Å². The molecule has 0 fully saturated rings. The van der Waals surface area contributed by atoms with E-state index < -0.39 is 11.6 Å². The Bertz CT molecular complexity index is 561. The quantitative estimate of drug-likeness (QED) is 0.832. The second-order valence-electron chi connectivity index (χ2n) is 4.02. The smallest absolute Gasteiger partial charge is 0.152 e. The molecule has 5 heteroatoms. The highest BCUT2D eigenvalue weighted by Gasteiger charge is 2.11. The van der Waals surface area contributed by atoms with Crippen molar-refractivity contribution in [3.63, 3.8) is 0 Å². The number of aryl methyl sites for hydroxylation is 2. The van der Waals surface area contributed by atoms with Gasteiger partial charge in [-0.1, -0.05) is 6.07 Å². The van der Waals surface area contributed by atoms with Gasteiger partial charge in [0.15, 0.2) is 5.82 Å². The van der Waals surface area contributed by atoms with E-state index >= 15 is 0 Å². The molecule has 1 aromatic carbocycles. The van der Waals surface area contributed by atoms with Gasteiger partial charge in [0, 0.05) is 20.8 Å². The third kappa shape index (κ3) is 2.72. The van der Waals surface area contributed by atoms with Crippen molar-refractivity contribution in [2.75, 3.05) is 5.32 Å². The molecule has 0 spiro atoms. The van der Waals surface area contributed by atoms with Gasteiger partial charge in [-0.2, -0.15) is 0 Å². The van der Waals surface area contributed by atoms with E-state index in [0.29, 0.717) is 12.1 Å². The van der Waals surface area contributed by atoms with Gasteiger partial charge in [-0.05, 0) is 47.5 Å². The lowest BCUT2D eigenvalue weighted by molar-refractivity contribution is 0.582. The van der Waals surface area contributed by atoms with Crippen LogP contribution in [0.4, 0.5) is 14.5 Å². The van der Waals surface area contributed by atoms with Crippen molar-refractivity contribution in [1.29, 1.82) is 0 Å². The van der Waals surface area contributed by atoms with Crippen LogP contribution in [0.15, 0.2) is 22.7 Å². The summed E-state index contributed by atoms with van der Waals surface area (Å²) in [6.45, 7) is 4.02. The number of nitrogens with one attached hydrogen (secondary N) is 1. The van der Waals surface area contributed by atoms with Crippen LogP contribution in [0.5, 0.6) is 0 Å². The number of halogens is 3. The molecule has 1 aromatic heterocycles. The molecule has 0 aliphatic rings. The maximum absolute atomic E-state index is 13.7. The lowest BCUT2D eigenvalue weighted by atomic mass is 10.2. The fourth-order valence-electron chi connectivity index (χ4n) is 1.60. The summed E-state index contributed by atoms with van der Waals surface area (Å²) < 4.78 is 28.3. The van der Waals surface area contributed by atoms with E-state index in [-0.39, 0.29) is 5.69 Å². The van der Waals surface area contributed by atoms with E-state index in [4.69, 9.17) is 0 Å². The Morgan fingerprint density at radius 1 is 1.28 bits per heavy atom. The molecule has 0 unspecified atom stereocenters. The molecular formula is C13H12BrF2NS. The Kier molecular flexibility index (Phi) is 4.02. The highest BCUT2D eigenvalue weighted by Crippen LogP contribution is 2.28. The van der Waals surface area contributed by atoms with E-state index in [0.717, 1.165) is 14.2 Å². The Hall–Kier alpha value is -0.940. The summed E-state index contributed by atoms with van der Waals surface area (Å²) in [7, 11) is 0. The summed E-state index contributed by atoms with van der Waals surface area (Å²) >= 11 is 5.01. The van der Waals surface area contributed by atoms with Crippen LogP contribution in [0.1, 0.15) is 15.3 Å². The summed E-state index contributed by atoms with van der Waals surface area (Å²) in [5.41, 5.74) is 0.375. The summed E-state index contributed by atoms with van der Waals surface area (Å²) in [5, 5.41) is 2.82. The molecule has 0 aliphatic carbocycles. The molecular weight excluding hydrogens is 320 g/mol. The molecule has 1 heterocycles. The fourth-order valence-corrected chi connectivity index (χ4v) is 3.14. The Labute approximate surface area is 117 Å². The highest BCUT2D eigenvalue weighted by atomic mass is 79.9. The summed E-state index contributed by atoms with van der Waals surface area (Å²) in [6.07, 6.45) is 0. The third-order valence-electron chi connectivity index (χ3n) is 2.63. The van der Waals surface area contributed by atoms with Crippen LogP contribution in [0.2, 0.25) is 0 Å². The van der Waals surface area contributed by atoms with Crippen LogP contribution in [-0.2, 0) is 6.54 Å². The van der Waals surface area contributed by atoms with Crippen molar-refractivity contribution in [1.82, 2.24) is 0 Å². The minimum atomic E-state index is -0.564. The van der Waals surface area contributed by atoms with Crippen LogP contribution in [0, 0.1) is 25.5 Å². The number of anilines is 1. The molecule has 1 nitrogen and oxygen atoms in total. The van der Waals surface area contributed by atoms with E-state index in [2.05, 4.69) is 21.2 Å². The third-order valence-corrected chi connectivity index (χ3v) is 4.77. The summed E-state index contributed by atoms with van der Waals surface area (Å²) in [6, 6.07) is 4.66. The molecule has 96 valence electrons. The zero-order chi connectivity index (χ0) is 13.3. The zero-order valence-corrected chi connectivity index (χ0v) is 12.4. The van der Waals surface area contributed by atoms with Crippen molar-refractivity contribution < 1.29 is 8.78 Å². The van der Waals surface area contributed by atoms with Crippen molar-refractivity contribution in [3.05, 3.63) is 49.6 Å². The van der Waals surface area contributed by atoms with Gasteiger partial charge in [0.05, 0.1) is 0 Å². The first-order valence-electron chi connectivity index (χ1n) is 5.42. The monoisotopic (exact) mass is 331 g/mol. The van der Waals surface area contributed by atoms with E-state index in [1.807, 2.05) is 13.0 Å². The summed E-state index contributed by atoms with van der Waals surface area (Å²) in [4.78, 5) is 2.18. The van der Waals surface area contributed by atoms with Crippen molar-refractivity contribution in [2.45, 2.75) is 20.4 Å². The maximum atomic E-state index is 13.7. The molecule has 0 bridgehead atoms. The average Bonchev–Trinajstić information content (AvgIpc) is 2.64. The van der Waals surface area contributed by atoms with Gasteiger partial charge in [-0.3, -0.25) is 0 Å². The van der Waals surface area contributed by atoms with Gasteiger partial charge in [-0.25, -0.2) is 8.78 Å². The molecule has 0 saturated heterocycles. The standard InChI is InChI=1S/C13H12BrF2NS/c1-7-3-4-11(15)13(12(7)16)17-6-9-5-10(14)8(2)18-9/h3-5,17H,6H2,1-2H3. The zero-order valence-electron chi connectivity index (χ0n) is 9.98. The molecule has 0 aliphatic heterocycles. The Balaban J connectivity index is 2.18. The van der Waals surface area contributed by atoms with E-state index in [1.54, 1.807) is 18.3 Å². The molecule has 0 amide bonds. The lowest BCUT2D eigenvalue weighted by Crippen LogP contribution is -2.03. The molecule has 2 rings (SSSR count). The molecule has 0 radical (unpaired) electrons. The fraction of sp³-hybridized carbons (Fsp3) is 0.231.